The van der Waals surface area contributed by atoms with Gasteiger partial charge in [-0.25, -0.2) is 13.2 Å². The number of hydrogen-bond donors (Lipinski definition) is 0. The first-order valence-corrected chi connectivity index (χ1v) is 8.78. The van der Waals surface area contributed by atoms with Crippen LogP contribution in [-0.2, 0) is 14.8 Å². The van der Waals surface area contributed by atoms with Crippen LogP contribution in [0.5, 0.6) is 0 Å². The van der Waals surface area contributed by atoms with E-state index in [1.165, 1.54) is 23.5 Å². The van der Waals surface area contributed by atoms with Crippen LogP contribution in [0.2, 0.25) is 0 Å². The summed E-state index contributed by atoms with van der Waals surface area (Å²) >= 11 is 0.964. The number of piperidine rings is 1. The Kier molecular flexibility index (Phi) is 4.51. The van der Waals surface area contributed by atoms with E-state index in [1.807, 2.05) is 0 Å². The second-order valence-electron chi connectivity index (χ2n) is 5.38. The Morgan fingerprint density at radius 2 is 1.90 bits per heavy atom. The van der Waals surface area contributed by atoms with E-state index < -0.39 is 16.0 Å². The highest BCUT2D eigenvalue weighted by atomic mass is 32.2. The summed E-state index contributed by atoms with van der Waals surface area (Å²) < 4.78 is 31.5. The van der Waals surface area contributed by atoms with E-state index in [4.69, 9.17) is 0 Å². The maximum Gasteiger partial charge on any atom is 0.348 e. The van der Waals surface area contributed by atoms with Gasteiger partial charge in [-0.05, 0) is 30.4 Å². The number of esters is 1. The highest BCUT2D eigenvalue weighted by Gasteiger charge is 2.32. The summed E-state index contributed by atoms with van der Waals surface area (Å²) in [5.41, 5.74) is 0. The third-order valence-electron chi connectivity index (χ3n) is 3.40. The van der Waals surface area contributed by atoms with Gasteiger partial charge in [-0.3, -0.25) is 0 Å². The van der Waals surface area contributed by atoms with Gasteiger partial charge in [-0.1, -0.05) is 13.8 Å². The Balaban J connectivity index is 2.26. The molecule has 1 aliphatic rings. The molecule has 7 heteroatoms. The second kappa shape index (κ2) is 5.83. The van der Waals surface area contributed by atoms with E-state index >= 15 is 0 Å². The molecule has 0 saturated carbocycles. The summed E-state index contributed by atoms with van der Waals surface area (Å²) in [5.74, 6) is 0.207. The minimum atomic E-state index is -3.50. The van der Waals surface area contributed by atoms with Crippen molar-refractivity contribution < 1.29 is 17.9 Å². The standard InChI is InChI=1S/C13H19NO4S2/c1-9-6-10(2)8-14(7-9)20(16,17)12-5-4-11(19-12)13(15)18-3/h4-5,9-10H,6-8H2,1-3H3. The van der Waals surface area contributed by atoms with Gasteiger partial charge in [0.1, 0.15) is 9.09 Å². The van der Waals surface area contributed by atoms with E-state index in [0.717, 1.165) is 17.8 Å². The van der Waals surface area contributed by atoms with Crippen molar-refractivity contribution in [3.05, 3.63) is 17.0 Å². The zero-order valence-electron chi connectivity index (χ0n) is 11.8. The maximum atomic E-state index is 12.6. The molecule has 0 aliphatic carbocycles. The molecule has 1 saturated heterocycles. The van der Waals surface area contributed by atoms with Gasteiger partial charge in [-0.15, -0.1) is 11.3 Å². The molecule has 0 aromatic carbocycles. The number of hydrogen-bond acceptors (Lipinski definition) is 5. The molecule has 0 radical (unpaired) electrons. The fraction of sp³-hybridized carbons (Fsp3) is 0.615. The second-order valence-corrected chi connectivity index (χ2v) is 8.63. The van der Waals surface area contributed by atoms with Crippen LogP contribution in [0, 0.1) is 11.8 Å². The SMILES string of the molecule is COC(=O)c1ccc(S(=O)(=O)N2CC(C)CC(C)C2)s1. The Labute approximate surface area is 123 Å². The molecule has 1 aromatic rings. The first-order valence-electron chi connectivity index (χ1n) is 6.53. The van der Waals surface area contributed by atoms with Gasteiger partial charge in [0.05, 0.1) is 7.11 Å². The lowest BCUT2D eigenvalue weighted by atomic mass is 9.94. The molecule has 0 spiro atoms. The van der Waals surface area contributed by atoms with Crippen molar-refractivity contribution >= 4 is 27.3 Å². The van der Waals surface area contributed by atoms with E-state index in [-0.39, 0.29) is 4.21 Å². The monoisotopic (exact) mass is 317 g/mol. The Morgan fingerprint density at radius 1 is 1.30 bits per heavy atom. The summed E-state index contributed by atoms with van der Waals surface area (Å²) in [5, 5.41) is 0. The predicted octanol–water partition coefficient (Wildman–Crippen LogP) is 2.20. The number of ether oxygens (including phenoxy) is 1. The van der Waals surface area contributed by atoms with Gasteiger partial charge in [0.25, 0.3) is 10.0 Å². The van der Waals surface area contributed by atoms with Crippen molar-refractivity contribution in [2.75, 3.05) is 20.2 Å². The molecule has 1 aromatic heterocycles. The number of carbonyl (C=O) groups is 1. The van der Waals surface area contributed by atoms with Crippen LogP contribution in [0.4, 0.5) is 0 Å². The van der Waals surface area contributed by atoms with Gasteiger partial charge < -0.3 is 4.74 Å². The van der Waals surface area contributed by atoms with Crippen LogP contribution in [0.25, 0.3) is 0 Å². The highest BCUT2D eigenvalue weighted by Crippen LogP contribution is 2.30. The van der Waals surface area contributed by atoms with Crippen molar-refractivity contribution in [1.29, 1.82) is 0 Å². The number of methoxy groups -OCH3 is 1. The summed E-state index contributed by atoms with van der Waals surface area (Å²) in [7, 11) is -2.22. The van der Waals surface area contributed by atoms with E-state index in [9.17, 15) is 13.2 Å². The molecule has 5 nitrogen and oxygen atoms in total. The van der Waals surface area contributed by atoms with Crippen LogP contribution >= 0.6 is 11.3 Å². The molecule has 2 unspecified atom stereocenters. The molecular weight excluding hydrogens is 298 g/mol. The summed E-state index contributed by atoms with van der Waals surface area (Å²) in [6.07, 6.45) is 1.05. The molecule has 0 bridgehead atoms. The fourth-order valence-corrected chi connectivity index (χ4v) is 5.66. The molecule has 20 heavy (non-hydrogen) atoms. The highest BCUT2D eigenvalue weighted by molar-refractivity contribution is 7.91. The summed E-state index contributed by atoms with van der Waals surface area (Å²) in [4.78, 5) is 11.7. The smallest absolute Gasteiger partial charge is 0.348 e. The zero-order chi connectivity index (χ0) is 14.9. The van der Waals surface area contributed by atoms with Gasteiger partial charge in [0.2, 0.25) is 0 Å². The van der Waals surface area contributed by atoms with E-state index in [0.29, 0.717) is 29.8 Å². The Bertz CT molecular complexity index is 583. The van der Waals surface area contributed by atoms with Crippen LogP contribution in [0.15, 0.2) is 16.3 Å². The number of nitrogens with zero attached hydrogens (tertiary/aromatic N) is 1. The lowest BCUT2D eigenvalue weighted by Gasteiger charge is -2.33. The Morgan fingerprint density at radius 3 is 2.45 bits per heavy atom. The first-order chi connectivity index (χ1) is 9.34. The Hall–Kier alpha value is -0.920. The molecule has 0 amide bonds. The quantitative estimate of drug-likeness (QED) is 0.802. The normalized spacial score (nSPS) is 24.6. The first kappa shape index (κ1) is 15.5. The number of carbonyl (C=O) groups excluding carboxylic acids is 1. The number of sulfonamides is 1. The van der Waals surface area contributed by atoms with Crippen molar-refractivity contribution in [2.24, 2.45) is 11.8 Å². The van der Waals surface area contributed by atoms with Crippen LogP contribution in [0.3, 0.4) is 0 Å². The lowest BCUT2D eigenvalue weighted by molar-refractivity contribution is 0.0606. The predicted molar refractivity (Wildman–Crippen MR) is 77.4 cm³/mol. The van der Waals surface area contributed by atoms with Gasteiger partial charge in [0, 0.05) is 13.1 Å². The molecule has 2 heterocycles. The van der Waals surface area contributed by atoms with Crippen molar-refractivity contribution in [1.82, 2.24) is 4.31 Å². The fourth-order valence-electron chi connectivity index (χ4n) is 2.60. The third kappa shape index (κ3) is 3.05. The van der Waals surface area contributed by atoms with Crippen LogP contribution in [0.1, 0.15) is 29.9 Å². The molecular formula is C13H19NO4S2. The molecule has 0 N–H and O–H groups in total. The maximum absolute atomic E-state index is 12.6. The lowest BCUT2D eigenvalue weighted by Crippen LogP contribution is -2.42. The molecule has 112 valence electrons. The molecule has 1 aliphatic heterocycles. The van der Waals surface area contributed by atoms with Crippen molar-refractivity contribution in [3.8, 4) is 0 Å². The largest absolute Gasteiger partial charge is 0.465 e. The van der Waals surface area contributed by atoms with Crippen LogP contribution < -0.4 is 0 Å². The van der Waals surface area contributed by atoms with Gasteiger partial charge in [0.15, 0.2) is 0 Å². The van der Waals surface area contributed by atoms with Gasteiger partial charge >= 0.3 is 5.97 Å². The summed E-state index contributed by atoms with van der Waals surface area (Å²) in [6.45, 7) is 5.20. The van der Waals surface area contributed by atoms with Crippen LogP contribution in [-0.4, -0.2) is 38.9 Å². The van der Waals surface area contributed by atoms with Crippen molar-refractivity contribution in [2.45, 2.75) is 24.5 Å². The average molecular weight is 317 g/mol. The minimum Gasteiger partial charge on any atom is -0.465 e. The van der Waals surface area contributed by atoms with Gasteiger partial charge in [-0.2, -0.15) is 4.31 Å². The summed E-state index contributed by atoms with van der Waals surface area (Å²) in [6, 6.07) is 2.98. The minimum absolute atomic E-state index is 0.208. The number of thiophene rings is 1. The average Bonchev–Trinajstić information content (AvgIpc) is 2.86. The van der Waals surface area contributed by atoms with E-state index in [1.54, 1.807) is 0 Å². The molecule has 2 atom stereocenters. The molecule has 2 rings (SSSR count). The molecule has 1 fully saturated rings. The number of rotatable bonds is 3. The third-order valence-corrected chi connectivity index (χ3v) is 6.76. The topological polar surface area (TPSA) is 63.7 Å². The zero-order valence-corrected chi connectivity index (χ0v) is 13.5. The van der Waals surface area contributed by atoms with E-state index in [2.05, 4.69) is 18.6 Å². The van der Waals surface area contributed by atoms with Crippen molar-refractivity contribution in [3.63, 3.8) is 0 Å².